The summed E-state index contributed by atoms with van der Waals surface area (Å²) >= 11 is 0. The molecular formula is C18H26O5. The average Bonchev–Trinajstić information content (AvgIpc) is 2.50. The number of esters is 1. The quantitative estimate of drug-likeness (QED) is 0.577. The summed E-state index contributed by atoms with van der Waals surface area (Å²) in [6.07, 6.45) is 2.78. The van der Waals surface area contributed by atoms with Crippen molar-refractivity contribution >= 4 is 11.8 Å². The summed E-state index contributed by atoms with van der Waals surface area (Å²) in [5.74, 6) is 0.122. The standard InChI is InChI=1S/C18H26O5/c1-10-5-6-12-14-11(10)7-8-21-16(14)23-13(15(12)19)9-22-17(20)18(2,3)4/h5,11-14,16H,6-9H2,1-4H3/t11-,12-,13+,14+,16-/m0/s1. The fourth-order valence-electron chi connectivity index (χ4n) is 3.82. The van der Waals surface area contributed by atoms with Crippen LogP contribution in [0.2, 0.25) is 0 Å². The van der Waals surface area contributed by atoms with Gasteiger partial charge in [0.25, 0.3) is 0 Å². The van der Waals surface area contributed by atoms with Crippen molar-refractivity contribution in [1.82, 2.24) is 0 Å². The molecule has 2 saturated heterocycles. The van der Waals surface area contributed by atoms with E-state index in [0.29, 0.717) is 12.5 Å². The highest BCUT2D eigenvalue weighted by Gasteiger charge is 2.51. The van der Waals surface area contributed by atoms with Crippen LogP contribution in [0.4, 0.5) is 0 Å². The molecule has 128 valence electrons. The average molecular weight is 322 g/mol. The second kappa shape index (κ2) is 6.02. The number of carbonyl (C=O) groups excluding carboxylic acids is 2. The minimum atomic E-state index is -0.710. The number of ketones is 1. The number of ether oxygens (including phenoxy) is 3. The van der Waals surface area contributed by atoms with Crippen LogP contribution in [0.5, 0.6) is 0 Å². The molecule has 23 heavy (non-hydrogen) atoms. The molecule has 0 radical (unpaired) electrons. The van der Waals surface area contributed by atoms with Crippen molar-refractivity contribution in [2.45, 2.75) is 52.9 Å². The lowest BCUT2D eigenvalue weighted by atomic mass is 9.66. The van der Waals surface area contributed by atoms with Crippen molar-refractivity contribution in [3.8, 4) is 0 Å². The molecule has 0 aromatic heterocycles. The molecule has 5 nitrogen and oxygen atoms in total. The first kappa shape index (κ1) is 16.7. The molecule has 2 aliphatic heterocycles. The Morgan fingerprint density at radius 2 is 2.09 bits per heavy atom. The highest BCUT2D eigenvalue weighted by Crippen LogP contribution is 2.46. The van der Waals surface area contributed by atoms with Gasteiger partial charge in [0.05, 0.1) is 12.0 Å². The largest absolute Gasteiger partial charge is 0.462 e. The van der Waals surface area contributed by atoms with Gasteiger partial charge in [0.1, 0.15) is 6.61 Å². The Kier molecular flexibility index (Phi) is 4.36. The third kappa shape index (κ3) is 3.09. The van der Waals surface area contributed by atoms with Crippen LogP contribution >= 0.6 is 0 Å². The van der Waals surface area contributed by atoms with Gasteiger partial charge in [-0.1, -0.05) is 11.6 Å². The molecule has 3 aliphatic rings. The van der Waals surface area contributed by atoms with Gasteiger partial charge in [-0.3, -0.25) is 9.59 Å². The van der Waals surface area contributed by atoms with Crippen molar-refractivity contribution in [2.75, 3.05) is 13.2 Å². The van der Waals surface area contributed by atoms with E-state index in [2.05, 4.69) is 13.0 Å². The molecule has 5 heteroatoms. The Morgan fingerprint density at radius 3 is 2.78 bits per heavy atom. The van der Waals surface area contributed by atoms with E-state index in [4.69, 9.17) is 14.2 Å². The van der Waals surface area contributed by atoms with Gasteiger partial charge in [-0.2, -0.15) is 0 Å². The molecule has 0 bridgehead atoms. The zero-order chi connectivity index (χ0) is 16.8. The fraction of sp³-hybridized carbons (Fsp3) is 0.778. The molecule has 0 spiro atoms. The van der Waals surface area contributed by atoms with Gasteiger partial charge in [-0.25, -0.2) is 0 Å². The van der Waals surface area contributed by atoms with Crippen LogP contribution in [0.3, 0.4) is 0 Å². The first-order valence-electron chi connectivity index (χ1n) is 8.43. The monoisotopic (exact) mass is 322 g/mol. The number of Topliss-reactive ketones (excluding diaryl/α,β-unsaturated/α-hetero) is 1. The van der Waals surface area contributed by atoms with Crippen LogP contribution in [-0.2, 0) is 23.8 Å². The topological polar surface area (TPSA) is 61.8 Å². The zero-order valence-corrected chi connectivity index (χ0v) is 14.3. The maximum absolute atomic E-state index is 12.8. The summed E-state index contributed by atoms with van der Waals surface area (Å²) in [4.78, 5) is 24.7. The molecule has 5 atom stereocenters. The molecule has 0 aromatic carbocycles. The van der Waals surface area contributed by atoms with Gasteiger partial charge < -0.3 is 14.2 Å². The lowest BCUT2D eigenvalue weighted by Gasteiger charge is -2.49. The summed E-state index contributed by atoms with van der Waals surface area (Å²) in [6.45, 7) is 8.12. The normalized spacial score (nSPS) is 37.0. The number of hydrogen-bond donors (Lipinski definition) is 0. The maximum atomic E-state index is 12.8. The summed E-state index contributed by atoms with van der Waals surface area (Å²) in [5, 5.41) is 0. The van der Waals surface area contributed by atoms with Gasteiger partial charge in [0.15, 0.2) is 18.2 Å². The molecule has 2 fully saturated rings. The van der Waals surface area contributed by atoms with Gasteiger partial charge in [0, 0.05) is 11.8 Å². The van der Waals surface area contributed by atoms with Crippen molar-refractivity contribution in [2.24, 2.45) is 23.2 Å². The Morgan fingerprint density at radius 1 is 1.35 bits per heavy atom. The lowest BCUT2D eigenvalue weighted by molar-refractivity contribution is -0.259. The van der Waals surface area contributed by atoms with E-state index in [9.17, 15) is 9.59 Å². The molecular weight excluding hydrogens is 296 g/mol. The third-order valence-corrected chi connectivity index (χ3v) is 5.19. The van der Waals surface area contributed by atoms with Crippen molar-refractivity contribution in [3.05, 3.63) is 11.6 Å². The van der Waals surface area contributed by atoms with Gasteiger partial charge in [-0.05, 0) is 46.5 Å². The van der Waals surface area contributed by atoms with Crippen molar-refractivity contribution in [3.63, 3.8) is 0 Å². The Labute approximate surface area is 137 Å². The van der Waals surface area contributed by atoms with Gasteiger partial charge >= 0.3 is 5.97 Å². The van der Waals surface area contributed by atoms with Crippen LogP contribution in [0, 0.1) is 23.2 Å². The molecule has 2 heterocycles. The van der Waals surface area contributed by atoms with E-state index < -0.39 is 11.5 Å². The summed E-state index contributed by atoms with van der Waals surface area (Å²) in [7, 11) is 0. The third-order valence-electron chi connectivity index (χ3n) is 5.19. The lowest BCUT2D eigenvalue weighted by Crippen LogP contribution is -2.56. The number of hydrogen-bond acceptors (Lipinski definition) is 5. The molecule has 0 N–H and O–H groups in total. The Hall–Kier alpha value is -1.20. The van der Waals surface area contributed by atoms with E-state index in [0.717, 1.165) is 12.8 Å². The fourth-order valence-corrected chi connectivity index (χ4v) is 3.82. The smallest absolute Gasteiger partial charge is 0.311 e. The van der Waals surface area contributed by atoms with E-state index in [1.807, 2.05) is 0 Å². The van der Waals surface area contributed by atoms with E-state index in [-0.39, 0.29) is 36.5 Å². The predicted octanol–water partition coefficient (Wildman–Crippen LogP) is 2.49. The molecule has 0 unspecified atom stereocenters. The predicted molar refractivity (Wildman–Crippen MR) is 83.5 cm³/mol. The number of carbonyl (C=O) groups is 2. The van der Waals surface area contributed by atoms with Gasteiger partial charge in [-0.15, -0.1) is 0 Å². The van der Waals surface area contributed by atoms with E-state index >= 15 is 0 Å². The first-order chi connectivity index (χ1) is 10.8. The van der Waals surface area contributed by atoms with Crippen LogP contribution in [0.15, 0.2) is 11.6 Å². The van der Waals surface area contributed by atoms with Crippen molar-refractivity contribution in [1.29, 1.82) is 0 Å². The summed E-state index contributed by atoms with van der Waals surface area (Å²) < 4.78 is 17.0. The van der Waals surface area contributed by atoms with E-state index in [1.54, 1.807) is 20.8 Å². The molecule has 0 saturated carbocycles. The van der Waals surface area contributed by atoms with Crippen molar-refractivity contribution < 1.29 is 23.8 Å². The van der Waals surface area contributed by atoms with Crippen LogP contribution in [-0.4, -0.2) is 37.4 Å². The second-order valence-corrected chi connectivity index (χ2v) is 7.88. The summed E-state index contributed by atoms with van der Waals surface area (Å²) in [6, 6.07) is 0. The van der Waals surface area contributed by atoms with Gasteiger partial charge in [0.2, 0.25) is 0 Å². The van der Waals surface area contributed by atoms with E-state index in [1.165, 1.54) is 5.57 Å². The molecule has 0 amide bonds. The summed E-state index contributed by atoms with van der Waals surface area (Å²) in [5.41, 5.74) is 0.755. The SMILES string of the molecule is CC1=CC[C@@H]2C(=O)[C@@H](COC(=O)C(C)(C)C)O[C@@H]3OCC[C@@H]1[C@@H]32. The zero-order valence-electron chi connectivity index (χ0n) is 14.3. The van der Waals surface area contributed by atoms with Crippen LogP contribution in [0.25, 0.3) is 0 Å². The Bertz CT molecular complexity index is 530. The highest BCUT2D eigenvalue weighted by molar-refractivity contribution is 5.87. The highest BCUT2D eigenvalue weighted by atomic mass is 16.7. The second-order valence-electron chi connectivity index (χ2n) is 7.88. The number of rotatable bonds is 2. The first-order valence-corrected chi connectivity index (χ1v) is 8.43. The Balaban J connectivity index is 1.72. The molecule has 1 aliphatic carbocycles. The minimum Gasteiger partial charge on any atom is -0.462 e. The molecule has 3 rings (SSSR count). The molecule has 0 aromatic rings. The maximum Gasteiger partial charge on any atom is 0.311 e. The minimum absolute atomic E-state index is 0.0224. The number of allylic oxidation sites excluding steroid dienone is 2. The van der Waals surface area contributed by atoms with Crippen LogP contribution in [0.1, 0.15) is 40.5 Å². The van der Waals surface area contributed by atoms with Crippen LogP contribution < -0.4 is 0 Å².